The summed E-state index contributed by atoms with van der Waals surface area (Å²) in [6, 6.07) is 1.71. The molecular formula is C16H32N2. The lowest BCUT2D eigenvalue weighted by molar-refractivity contribution is 0.217. The Morgan fingerprint density at radius 3 is 2.17 bits per heavy atom. The predicted molar refractivity (Wildman–Crippen MR) is 79.0 cm³/mol. The van der Waals surface area contributed by atoms with Crippen LogP contribution in [0.5, 0.6) is 0 Å². The highest BCUT2D eigenvalue weighted by Crippen LogP contribution is 2.21. The summed E-state index contributed by atoms with van der Waals surface area (Å²) in [6.45, 7) is 2.51. The third kappa shape index (κ3) is 4.89. The molecule has 2 saturated carbocycles. The summed E-state index contributed by atoms with van der Waals surface area (Å²) in [5.74, 6) is 0. The van der Waals surface area contributed by atoms with Gasteiger partial charge in [0.1, 0.15) is 0 Å². The Hall–Kier alpha value is -0.0800. The summed E-state index contributed by atoms with van der Waals surface area (Å²) in [5.41, 5.74) is 0. The van der Waals surface area contributed by atoms with Gasteiger partial charge in [0.15, 0.2) is 0 Å². The largest absolute Gasteiger partial charge is 0.314 e. The van der Waals surface area contributed by atoms with Gasteiger partial charge in [0.05, 0.1) is 0 Å². The minimum atomic E-state index is 0.841. The van der Waals surface area contributed by atoms with Crippen molar-refractivity contribution in [2.45, 2.75) is 82.7 Å². The van der Waals surface area contributed by atoms with Gasteiger partial charge in [-0.3, -0.25) is 0 Å². The first kappa shape index (κ1) is 14.3. The molecule has 106 valence electrons. The molecule has 18 heavy (non-hydrogen) atoms. The second-order valence-electron chi connectivity index (χ2n) is 6.42. The maximum absolute atomic E-state index is 3.73. The van der Waals surface area contributed by atoms with E-state index in [4.69, 9.17) is 0 Å². The number of hydrogen-bond acceptors (Lipinski definition) is 2. The van der Waals surface area contributed by atoms with Crippen molar-refractivity contribution in [1.82, 2.24) is 10.2 Å². The molecule has 0 aromatic heterocycles. The molecule has 0 heterocycles. The average Bonchev–Trinajstić information content (AvgIpc) is 2.74. The van der Waals surface area contributed by atoms with Crippen LogP contribution in [0.3, 0.4) is 0 Å². The van der Waals surface area contributed by atoms with Crippen LogP contribution >= 0.6 is 0 Å². The van der Waals surface area contributed by atoms with Crippen molar-refractivity contribution in [2.75, 3.05) is 20.1 Å². The molecule has 0 aromatic rings. The summed E-state index contributed by atoms with van der Waals surface area (Å²) in [5, 5.41) is 3.73. The first-order valence-corrected chi connectivity index (χ1v) is 8.30. The Kier molecular flexibility index (Phi) is 6.50. The van der Waals surface area contributed by atoms with Gasteiger partial charge in [0.25, 0.3) is 0 Å². The zero-order valence-corrected chi connectivity index (χ0v) is 12.3. The molecule has 0 amide bonds. The van der Waals surface area contributed by atoms with Gasteiger partial charge >= 0.3 is 0 Å². The van der Waals surface area contributed by atoms with E-state index >= 15 is 0 Å². The SMILES string of the molecule is CN(CCCNC1CCCC1)C1CCCCCC1. The second-order valence-corrected chi connectivity index (χ2v) is 6.42. The Bertz CT molecular complexity index is 203. The van der Waals surface area contributed by atoms with Crippen LogP contribution in [0.25, 0.3) is 0 Å². The van der Waals surface area contributed by atoms with Gasteiger partial charge in [-0.1, -0.05) is 38.5 Å². The van der Waals surface area contributed by atoms with Gasteiger partial charge in [0, 0.05) is 12.1 Å². The van der Waals surface area contributed by atoms with E-state index in [-0.39, 0.29) is 0 Å². The molecular weight excluding hydrogens is 220 g/mol. The van der Waals surface area contributed by atoms with Crippen LogP contribution in [0.2, 0.25) is 0 Å². The van der Waals surface area contributed by atoms with Crippen molar-refractivity contribution in [3.63, 3.8) is 0 Å². The van der Waals surface area contributed by atoms with Crippen molar-refractivity contribution in [3.05, 3.63) is 0 Å². The van der Waals surface area contributed by atoms with E-state index in [0.717, 1.165) is 12.1 Å². The average molecular weight is 252 g/mol. The molecule has 0 bridgehead atoms. The minimum absolute atomic E-state index is 0.841. The summed E-state index contributed by atoms with van der Waals surface area (Å²) < 4.78 is 0. The number of nitrogens with one attached hydrogen (secondary N) is 1. The van der Waals surface area contributed by atoms with E-state index in [2.05, 4.69) is 17.3 Å². The maximum Gasteiger partial charge on any atom is 0.00922 e. The van der Waals surface area contributed by atoms with E-state index in [0.29, 0.717) is 0 Å². The highest BCUT2D eigenvalue weighted by atomic mass is 15.1. The number of hydrogen-bond donors (Lipinski definition) is 1. The first-order valence-electron chi connectivity index (χ1n) is 8.30. The molecule has 0 spiro atoms. The minimum Gasteiger partial charge on any atom is -0.314 e. The Morgan fingerprint density at radius 1 is 0.889 bits per heavy atom. The van der Waals surface area contributed by atoms with Crippen LogP contribution in [-0.2, 0) is 0 Å². The van der Waals surface area contributed by atoms with Crippen molar-refractivity contribution in [3.8, 4) is 0 Å². The normalized spacial score (nSPS) is 23.7. The summed E-state index contributed by atoms with van der Waals surface area (Å²) in [4.78, 5) is 2.63. The van der Waals surface area contributed by atoms with Crippen LogP contribution in [-0.4, -0.2) is 37.1 Å². The molecule has 0 aliphatic heterocycles. The lowest BCUT2D eigenvalue weighted by Gasteiger charge is -2.27. The van der Waals surface area contributed by atoms with Crippen LogP contribution in [0.1, 0.15) is 70.6 Å². The Balaban J connectivity index is 1.54. The van der Waals surface area contributed by atoms with Crippen LogP contribution in [0.4, 0.5) is 0 Å². The van der Waals surface area contributed by atoms with Crippen LogP contribution < -0.4 is 5.32 Å². The fraction of sp³-hybridized carbons (Fsp3) is 1.00. The molecule has 2 nitrogen and oxygen atoms in total. The predicted octanol–water partition coefficient (Wildman–Crippen LogP) is 3.56. The number of rotatable bonds is 6. The standard InChI is InChI=1S/C16H32N2/c1-18(16-11-4-2-3-5-12-16)14-8-13-17-15-9-6-7-10-15/h15-17H,2-14H2,1H3. The zero-order chi connectivity index (χ0) is 12.6. The topological polar surface area (TPSA) is 15.3 Å². The van der Waals surface area contributed by atoms with Gasteiger partial charge in [0.2, 0.25) is 0 Å². The highest BCUT2D eigenvalue weighted by Gasteiger charge is 2.17. The monoisotopic (exact) mass is 252 g/mol. The molecule has 2 rings (SSSR count). The van der Waals surface area contributed by atoms with Gasteiger partial charge in [-0.05, 0) is 52.2 Å². The Morgan fingerprint density at radius 2 is 1.50 bits per heavy atom. The molecule has 2 aliphatic carbocycles. The lowest BCUT2D eigenvalue weighted by atomic mass is 10.1. The summed E-state index contributed by atoms with van der Waals surface area (Å²) >= 11 is 0. The second kappa shape index (κ2) is 8.16. The van der Waals surface area contributed by atoms with Crippen LogP contribution in [0.15, 0.2) is 0 Å². The van der Waals surface area contributed by atoms with E-state index in [1.54, 1.807) is 0 Å². The molecule has 0 unspecified atom stereocenters. The fourth-order valence-electron chi connectivity index (χ4n) is 3.65. The molecule has 2 aliphatic rings. The third-order valence-corrected chi connectivity index (χ3v) is 4.92. The van der Waals surface area contributed by atoms with Crippen molar-refractivity contribution in [2.24, 2.45) is 0 Å². The third-order valence-electron chi connectivity index (χ3n) is 4.92. The fourth-order valence-corrected chi connectivity index (χ4v) is 3.65. The van der Waals surface area contributed by atoms with Crippen molar-refractivity contribution >= 4 is 0 Å². The molecule has 1 N–H and O–H groups in total. The summed E-state index contributed by atoms with van der Waals surface area (Å²) in [6.07, 6.45) is 15.8. The van der Waals surface area contributed by atoms with Gasteiger partial charge in [-0.2, -0.15) is 0 Å². The molecule has 2 fully saturated rings. The molecule has 2 heteroatoms. The van der Waals surface area contributed by atoms with E-state index in [1.807, 2.05) is 0 Å². The van der Waals surface area contributed by atoms with Crippen LogP contribution in [0, 0.1) is 0 Å². The van der Waals surface area contributed by atoms with E-state index < -0.39 is 0 Å². The van der Waals surface area contributed by atoms with E-state index in [9.17, 15) is 0 Å². The van der Waals surface area contributed by atoms with Crippen molar-refractivity contribution in [1.29, 1.82) is 0 Å². The summed E-state index contributed by atoms with van der Waals surface area (Å²) in [7, 11) is 2.34. The maximum atomic E-state index is 3.73. The molecule has 0 aromatic carbocycles. The van der Waals surface area contributed by atoms with E-state index in [1.165, 1.54) is 83.7 Å². The smallest absolute Gasteiger partial charge is 0.00922 e. The van der Waals surface area contributed by atoms with Gasteiger partial charge in [-0.25, -0.2) is 0 Å². The van der Waals surface area contributed by atoms with Crippen molar-refractivity contribution < 1.29 is 0 Å². The lowest BCUT2D eigenvalue weighted by Crippen LogP contribution is -2.34. The zero-order valence-electron chi connectivity index (χ0n) is 12.3. The molecule has 0 radical (unpaired) electrons. The Labute approximate surface area is 114 Å². The van der Waals surface area contributed by atoms with Gasteiger partial charge < -0.3 is 10.2 Å². The number of nitrogens with zero attached hydrogens (tertiary/aromatic N) is 1. The first-order chi connectivity index (χ1) is 8.86. The molecule has 0 atom stereocenters. The highest BCUT2D eigenvalue weighted by molar-refractivity contribution is 4.75. The molecule has 0 saturated heterocycles. The quantitative estimate of drug-likeness (QED) is 0.574. The van der Waals surface area contributed by atoms with Gasteiger partial charge in [-0.15, -0.1) is 0 Å².